The van der Waals surface area contributed by atoms with Crippen LogP contribution in [0.5, 0.6) is 17.2 Å². The van der Waals surface area contributed by atoms with Gasteiger partial charge in [-0.3, -0.25) is 4.79 Å². The Morgan fingerprint density at radius 2 is 1.55 bits per heavy atom. The third kappa shape index (κ3) is 6.50. The van der Waals surface area contributed by atoms with Crippen molar-refractivity contribution in [1.29, 1.82) is 0 Å². The molecule has 4 nitrogen and oxygen atoms in total. The molecule has 1 fully saturated rings. The molecule has 0 amide bonds. The summed E-state index contributed by atoms with van der Waals surface area (Å²) in [4.78, 5) is 12.6. The molecule has 0 saturated heterocycles. The van der Waals surface area contributed by atoms with E-state index in [2.05, 4.69) is 6.92 Å². The van der Waals surface area contributed by atoms with Crippen molar-refractivity contribution in [2.75, 3.05) is 13.2 Å². The van der Waals surface area contributed by atoms with Crippen LogP contribution in [0.1, 0.15) is 63.9 Å². The van der Waals surface area contributed by atoms with Crippen molar-refractivity contribution in [1.82, 2.24) is 0 Å². The monoisotopic (exact) mass is 526 g/mol. The van der Waals surface area contributed by atoms with Crippen LogP contribution < -0.4 is 14.2 Å². The highest BCUT2D eigenvalue weighted by atomic mass is 19.2. The van der Waals surface area contributed by atoms with Crippen molar-refractivity contribution in [3.63, 3.8) is 0 Å². The van der Waals surface area contributed by atoms with E-state index in [1.165, 1.54) is 12.1 Å². The van der Waals surface area contributed by atoms with Crippen LogP contribution in [0.4, 0.5) is 13.2 Å². The number of halogens is 3. The maximum atomic E-state index is 15.1. The van der Waals surface area contributed by atoms with E-state index in [0.717, 1.165) is 12.8 Å². The average molecular weight is 527 g/mol. The van der Waals surface area contributed by atoms with Crippen molar-refractivity contribution in [2.24, 2.45) is 5.92 Å². The summed E-state index contributed by atoms with van der Waals surface area (Å²) in [5.74, 6) is -2.65. The molecule has 202 valence electrons. The number of hydrogen-bond donors (Lipinski definition) is 0. The van der Waals surface area contributed by atoms with Gasteiger partial charge in [0.15, 0.2) is 23.2 Å². The van der Waals surface area contributed by atoms with Crippen molar-refractivity contribution in [3.05, 3.63) is 77.6 Å². The molecular weight excluding hydrogens is 493 g/mol. The van der Waals surface area contributed by atoms with Crippen LogP contribution in [0.3, 0.4) is 0 Å². The van der Waals surface area contributed by atoms with Crippen LogP contribution in [0.15, 0.2) is 54.6 Å². The number of rotatable bonds is 10. The van der Waals surface area contributed by atoms with E-state index >= 15 is 8.78 Å². The van der Waals surface area contributed by atoms with Gasteiger partial charge in [-0.05, 0) is 80.3 Å². The summed E-state index contributed by atoms with van der Waals surface area (Å²) >= 11 is 0. The highest BCUT2D eigenvalue weighted by molar-refractivity contribution is 5.75. The Morgan fingerprint density at radius 3 is 2.21 bits per heavy atom. The quantitative estimate of drug-likeness (QED) is 0.152. The van der Waals surface area contributed by atoms with Crippen LogP contribution >= 0.6 is 0 Å². The molecular formula is C31H33F3O4. The van der Waals surface area contributed by atoms with Crippen molar-refractivity contribution >= 4 is 5.97 Å². The Balaban J connectivity index is 1.37. The lowest BCUT2D eigenvalue weighted by atomic mass is 9.78. The number of carbonyl (C=O) groups is 1. The minimum absolute atomic E-state index is 0.148. The zero-order valence-corrected chi connectivity index (χ0v) is 21.8. The molecule has 3 aromatic rings. The van der Waals surface area contributed by atoms with E-state index in [0.29, 0.717) is 61.5 Å². The molecule has 0 unspecified atom stereocenters. The Kier molecular flexibility index (Phi) is 9.32. The molecule has 7 heteroatoms. The molecule has 38 heavy (non-hydrogen) atoms. The number of carbonyl (C=O) groups excluding carboxylic acids is 1. The van der Waals surface area contributed by atoms with Gasteiger partial charge in [0, 0.05) is 11.6 Å². The first kappa shape index (κ1) is 27.6. The summed E-state index contributed by atoms with van der Waals surface area (Å²) < 4.78 is 60.7. The largest absolute Gasteiger partial charge is 0.494 e. The smallest absolute Gasteiger partial charge is 0.314 e. The van der Waals surface area contributed by atoms with Gasteiger partial charge in [0.2, 0.25) is 0 Å². The van der Waals surface area contributed by atoms with E-state index < -0.39 is 29.3 Å². The summed E-state index contributed by atoms with van der Waals surface area (Å²) in [5.41, 5.74) is 1.08. The Hall–Kier alpha value is -3.48. The Bertz CT molecular complexity index is 1230. The van der Waals surface area contributed by atoms with Crippen molar-refractivity contribution < 1.29 is 32.2 Å². The van der Waals surface area contributed by atoms with Gasteiger partial charge in [-0.25, -0.2) is 13.2 Å². The van der Waals surface area contributed by atoms with Crippen LogP contribution in [-0.2, 0) is 4.79 Å². The molecule has 0 N–H and O–H groups in total. The summed E-state index contributed by atoms with van der Waals surface area (Å²) in [7, 11) is 0. The lowest BCUT2D eigenvalue weighted by molar-refractivity contribution is -0.140. The minimum Gasteiger partial charge on any atom is -0.494 e. The molecule has 0 heterocycles. The second-order valence-corrected chi connectivity index (χ2v) is 9.55. The van der Waals surface area contributed by atoms with E-state index in [-0.39, 0.29) is 17.2 Å². The van der Waals surface area contributed by atoms with Crippen LogP contribution in [0.25, 0.3) is 11.1 Å². The standard InChI is InChI=1S/C31H33F3O4/c1-3-5-18-37-23-12-10-21(11-13-23)26-16-15-25(29(33)30(26)34)20-6-8-22(9-7-20)31(35)38-28-17-14-24(36-4-2)19-27(28)32/h10-17,19-20,22H,3-9,18H2,1-2H3. The predicted octanol–water partition coefficient (Wildman–Crippen LogP) is 8.23. The van der Waals surface area contributed by atoms with Gasteiger partial charge in [-0.15, -0.1) is 0 Å². The topological polar surface area (TPSA) is 44.8 Å². The second-order valence-electron chi connectivity index (χ2n) is 9.55. The van der Waals surface area contributed by atoms with Gasteiger partial charge in [0.1, 0.15) is 11.5 Å². The summed E-state index contributed by atoms with van der Waals surface area (Å²) in [6.45, 7) is 4.89. The fourth-order valence-corrected chi connectivity index (χ4v) is 4.82. The molecule has 1 aliphatic carbocycles. The van der Waals surface area contributed by atoms with E-state index in [1.807, 2.05) is 0 Å². The number of benzene rings is 3. The zero-order chi connectivity index (χ0) is 27.1. The zero-order valence-electron chi connectivity index (χ0n) is 21.8. The number of hydrogen-bond acceptors (Lipinski definition) is 4. The van der Waals surface area contributed by atoms with E-state index in [1.54, 1.807) is 49.4 Å². The fourth-order valence-electron chi connectivity index (χ4n) is 4.82. The highest BCUT2D eigenvalue weighted by Crippen LogP contribution is 2.39. The van der Waals surface area contributed by atoms with Crippen LogP contribution in [-0.4, -0.2) is 19.2 Å². The predicted molar refractivity (Wildman–Crippen MR) is 140 cm³/mol. The summed E-state index contributed by atoms with van der Waals surface area (Å²) in [5, 5.41) is 0. The van der Waals surface area contributed by atoms with Crippen molar-refractivity contribution in [2.45, 2.75) is 58.3 Å². The van der Waals surface area contributed by atoms with Gasteiger partial charge in [-0.1, -0.05) is 37.6 Å². The molecule has 1 saturated carbocycles. The first-order chi connectivity index (χ1) is 18.4. The van der Waals surface area contributed by atoms with Crippen LogP contribution in [0, 0.1) is 23.4 Å². The Morgan fingerprint density at radius 1 is 0.842 bits per heavy atom. The first-order valence-electron chi connectivity index (χ1n) is 13.3. The lowest BCUT2D eigenvalue weighted by Gasteiger charge is -2.28. The lowest BCUT2D eigenvalue weighted by Crippen LogP contribution is -2.25. The average Bonchev–Trinajstić information content (AvgIpc) is 2.93. The maximum absolute atomic E-state index is 15.1. The molecule has 0 atom stereocenters. The number of ether oxygens (including phenoxy) is 3. The van der Waals surface area contributed by atoms with Gasteiger partial charge < -0.3 is 14.2 Å². The molecule has 1 aliphatic rings. The van der Waals surface area contributed by atoms with Gasteiger partial charge >= 0.3 is 5.97 Å². The summed E-state index contributed by atoms with van der Waals surface area (Å²) in [6, 6.07) is 14.3. The molecule has 4 rings (SSSR count). The van der Waals surface area contributed by atoms with Gasteiger partial charge in [0.05, 0.1) is 19.1 Å². The van der Waals surface area contributed by atoms with E-state index in [9.17, 15) is 9.18 Å². The summed E-state index contributed by atoms with van der Waals surface area (Å²) in [6.07, 6.45) is 3.89. The molecule has 0 spiro atoms. The van der Waals surface area contributed by atoms with Gasteiger partial charge in [-0.2, -0.15) is 0 Å². The fraction of sp³-hybridized carbons (Fsp3) is 0.387. The van der Waals surface area contributed by atoms with Crippen LogP contribution in [0.2, 0.25) is 0 Å². The second kappa shape index (κ2) is 12.9. The highest BCUT2D eigenvalue weighted by Gasteiger charge is 2.31. The SMILES string of the molecule is CCCCOc1ccc(-c2ccc(C3CCC(C(=O)Oc4ccc(OCC)cc4F)CC3)c(F)c2F)cc1. The third-order valence-corrected chi connectivity index (χ3v) is 6.97. The number of unbranched alkanes of at least 4 members (excludes halogenated alkanes) is 1. The third-order valence-electron chi connectivity index (χ3n) is 6.97. The van der Waals surface area contributed by atoms with Gasteiger partial charge in [0.25, 0.3) is 0 Å². The molecule has 0 aliphatic heterocycles. The van der Waals surface area contributed by atoms with E-state index in [4.69, 9.17) is 14.2 Å². The number of esters is 1. The molecule has 0 aromatic heterocycles. The van der Waals surface area contributed by atoms with Crippen molar-refractivity contribution in [3.8, 4) is 28.4 Å². The Labute approximate surface area is 221 Å². The first-order valence-corrected chi connectivity index (χ1v) is 13.3. The molecule has 0 radical (unpaired) electrons. The normalized spacial score (nSPS) is 17.2. The molecule has 0 bridgehead atoms. The maximum Gasteiger partial charge on any atom is 0.314 e. The minimum atomic E-state index is -0.880. The molecule has 3 aromatic carbocycles.